The minimum absolute atomic E-state index is 0.0968. The number of halogens is 4. The van der Waals surface area contributed by atoms with Crippen molar-refractivity contribution in [1.82, 2.24) is 4.98 Å². The molecule has 0 aromatic carbocycles. The summed E-state index contributed by atoms with van der Waals surface area (Å²) in [5.41, 5.74) is 7.77. The first kappa shape index (κ1) is 22.7. The number of rotatable bonds is 4. The van der Waals surface area contributed by atoms with Crippen LogP contribution in [0.1, 0.15) is 25.0 Å². The van der Waals surface area contributed by atoms with Crippen LogP contribution in [-0.4, -0.2) is 45.5 Å². The molecule has 5 nitrogen and oxygen atoms in total. The topological polar surface area (TPSA) is 72.9 Å². The number of allylic oxidation sites excluding steroid dienone is 4. The van der Waals surface area contributed by atoms with E-state index >= 15 is 0 Å². The Hall–Kier alpha value is -1.46. The minimum atomic E-state index is -1.39. The summed E-state index contributed by atoms with van der Waals surface area (Å²) in [4.78, 5) is 13.8. The van der Waals surface area contributed by atoms with E-state index in [1.54, 1.807) is 12.3 Å². The number of aliphatic imine (C=N–C) groups is 1. The molecule has 0 radical (unpaired) electrons. The van der Waals surface area contributed by atoms with Crippen LogP contribution in [0.3, 0.4) is 0 Å². The molecule has 164 valence electrons. The van der Waals surface area contributed by atoms with E-state index in [1.165, 1.54) is 6.08 Å². The third kappa shape index (κ3) is 5.31. The van der Waals surface area contributed by atoms with Gasteiger partial charge in [0, 0.05) is 24.0 Å². The number of pyridine rings is 1. The molecule has 31 heavy (non-hydrogen) atoms. The zero-order chi connectivity index (χ0) is 22.0. The fraction of sp³-hybridized carbons (Fsp3) is 0.409. The fourth-order valence-electron chi connectivity index (χ4n) is 3.57. The van der Waals surface area contributed by atoms with Crippen LogP contribution in [0.5, 0.6) is 0 Å². The summed E-state index contributed by atoms with van der Waals surface area (Å²) in [5.74, 6) is -0.683. The number of fused-ring (bicyclic) bond motifs is 1. The van der Waals surface area contributed by atoms with Crippen molar-refractivity contribution in [2.24, 2.45) is 15.7 Å². The largest absolute Gasteiger partial charge is 0.398 e. The summed E-state index contributed by atoms with van der Waals surface area (Å²) < 4.78 is 33.7. The second-order valence-electron chi connectivity index (χ2n) is 7.53. The van der Waals surface area contributed by atoms with Gasteiger partial charge in [0.2, 0.25) is 0 Å². The monoisotopic (exact) mass is 602 g/mol. The molecule has 1 aliphatic carbocycles. The first-order valence-electron chi connectivity index (χ1n) is 10.1. The van der Waals surface area contributed by atoms with E-state index in [2.05, 4.69) is 25.9 Å². The lowest BCUT2D eigenvalue weighted by Crippen LogP contribution is -2.35. The summed E-state index contributed by atoms with van der Waals surface area (Å²) in [6, 6.07) is 3.66. The number of nitrogens with two attached hydrogens (primary N) is 1. The minimum Gasteiger partial charge on any atom is -0.398 e. The maximum atomic E-state index is 14.6. The van der Waals surface area contributed by atoms with Crippen molar-refractivity contribution in [2.75, 3.05) is 13.2 Å². The Balaban J connectivity index is 1.80. The van der Waals surface area contributed by atoms with Gasteiger partial charge in [-0.1, -0.05) is 44.6 Å². The molecule has 9 heteroatoms. The second kappa shape index (κ2) is 9.99. The Morgan fingerprint density at radius 3 is 2.90 bits per heavy atom. The highest BCUT2D eigenvalue weighted by Gasteiger charge is 2.26. The lowest BCUT2D eigenvalue weighted by molar-refractivity contribution is 0.0227. The fourth-order valence-corrected chi connectivity index (χ4v) is 4.53. The smallest absolute Gasteiger partial charge is 0.148 e. The molecule has 4 atom stereocenters. The van der Waals surface area contributed by atoms with Gasteiger partial charge in [0.15, 0.2) is 0 Å². The average molecular weight is 603 g/mol. The number of hydrogen-bond acceptors (Lipinski definition) is 5. The average Bonchev–Trinajstić information content (AvgIpc) is 2.76. The van der Waals surface area contributed by atoms with E-state index in [4.69, 9.17) is 15.5 Å². The lowest BCUT2D eigenvalue weighted by atomic mass is 9.97. The van der Waals surface area contributed by atoms with Gasteiger partial charge in [-0.3, -0.25) is 9.98 Å². The van der Waals surface area contributed by atoms with Crippen molar-refractivity contribution in [2.45, 2.75) is 40.4 Å². The first-order valence-corrected chi connectivity index (χ1v) is 12.3. The first-order chi connectivity index (χ1) is 14.9. The maximum Gasteiger partial charge on any atom is 0.148 e. The van der Waals surface area contributed by atoms with E-state index in [9.17, 15) is 8.78 Å². The van der Waals surface area contributed by atoms with Gasteiger partial charge in [-0.25, -0.2) is 13.8 Å². The third-order valence-corrected chi connectivity index (χ3v) is 6.85. The zero-order valence-electron chi connectivity index (χ0n) is 16.6. The molecule has 3 heterocycles. The second-order valence-corrected chi connectivity index (χ2v) is 10.1. The molecule has 0 spiro atoms. The summed E-state index contributed by atoms with van der Waals surface area (Å²) in [5, 5.41) is 1.52. The summed E-state index contributed by atoms with van der Waals surface area (Å²) in [6.07, 6.45) is 7.26. The molecule has 1 saturated heterocycles. The van der Waals surface area contributed by atoms with Crippen molar-refractivity contribution >= 4 is 56.4 Å². The molecule has 1 aromatic rings. The highest BCUT2D eigenvalue weighted by molar-refractivity contribution is 14.1. The quantitative estimate of drug-likeness (QED) is 0.326. The van der Waals surface area contributed by atoms with Gasteiger partial charge in [-0.15, -0.1) is 0 Å². The van der Waals surface area contributed by atoms with Crippen molar-refractivity contribution < 1.29 is 13.5 Å². The van der Waals surface area contributed by atoms with E-state index in [0.717, 1.165) is 36.0 Å². The number of ether oxygens (including phenoxy) is 1. The number of alkyl halides is 3. The van der Waals surface area contributed by atoms with Crippen LogP contribution < -0.4 is 16.4 Å². The highest BCUT2D eigenvalue weighted by Crippen LogP contribution is 2.32. The normalized spacial score (nSPS) is 29.3. The molecular weight excluding hydrogens is 581 g/mol. The van der Waals surface area contributed by atoms with Gasteiger partial charge in [-0.05, 0) is 43.5 Å². The van der Waals surface area contributed by atoms with E-state index in [-0.39, 0.29) is 22.3 Å². The van der Waals surface area contributed by atoms with Crippen molar-refractivity contribution in [1.29, 1.82) is 0 Å². The Morgan fingerprint density at radius 2 is 2.13 bits per heavy atom. The molecule has 0 amide bonds. The summed E-state index contributed by atoms with van der Waals surface area (Å²) >= 11 is 5.48. The molecule has 1 aromatic heterocycles. The lowest BCUT2D eigenvalue weighted by Gasteiger charge is -2.20. The predicted octanol–water partition coefficient (Wildman–Crippen LogP) is 3.46. The number of nitrogens with zero attached hydrogens (tertiary/aromatic N) is 3. The summed E-state index contributed by atoms with van der Waals surface area (Å²) in [7, 11) is 0. The standard InChI is InChI=1S/C22H22BrF2IN4O/c23-12-7-20-19(28-10-12)5-4-18(30-20)14(11-29-21-3-1-2-6-31-21)22(27)13-8-17(26)16(25)9-15(13)24/h4-5,7-9,11-12,16-17,21H,1-3,6,10,27H2. The molecule has 4 unspecified atom stereocenters. The molecule has 1 fully saturated rings. The Bertz CT molecular complexity index is 1100. The van der Waals surface area contributed by atoms with Crippen LogP contribution in [0, 0.1) is 0 Å². The van der Waals surface area contributed by atoms with Crippen molar-refractivity contribution in [3.8, 4) is 0 Å². The van der Waals surface area contributed by atoms with Gasteiger partial charge in [0.1, 0.15) is 18.2 Å². The zero-order valence-corrected chi connectivity index (χ0v) is 20.4. The molecule has 3 aliphatic rings. The Kier molecular flexibility index (Phi) is 7.33. The molecule has 4 rings (SSSR count). The van der Waals surface area contributed by atoms with Crippen LogP contribution in [-0.2, 0) is 4.74 Å². The maximum absolute atomic E-state index is 14.6. The van der Waals surface area contributed by atoms with Gasteiger partial charge in [0.05, 0.1) is 37.4 Å². The Morgan fingerprint density at radius 1 is 1.29 bits per heavy atom. The van der Waals surface area contributed by atoms with Crippen LogP contribution in [0.25, 0.3) is 11.6 Å². The SMILES string of the molecule is NC(C1=CC(I)C(F)C=C1F)=C(C=NC1CCCCO1)c1ccc2c(n1)=CC(Br)CN=2. The van der Waals surface area contributed by atoms with Crippen LogP contribution in [0.4, 0.5) is 8.78 Å². The molecule has 0 bridgehead atoms. The van der Waals surface area contributed by atoms with Crippen molar-refractivity contribution in [3.63, 3.8) is 0 Å². The highest BCUT2D eigenvalue weighted by atomic mass is 127. The predicted molar refractivity (Wildman–Crippen MR) is 130 cm³/mol. The summed E-state index contributed by atoms with van der Waals surface area (Å²) in [6.45, 7) is 1.30. The number of hydrogen-bond donors (Lipinski definition) is 1. The van der Waals surface area contributed by atoms with Gasteiger partial charge in [-0.2, -0.15) is 0 Å². The molecule has 2 N–H and O–H groups in total. The van der Waals surface area contributed by atoms with Crippen LogP contribution in [0.15, 0.2) is 51.4 Å². The molecule has 2 aliphatic heterocycles. The van der Waals surface area contributed by atoms with E-state index in [1.807, 2.05) is 34.7 Å². The Labute approximate surface area is 201 Å². The van der Waals surface area contributed by atoms with Gasteiger partial charge >= 0.3 is 0 Å². The number of aromatic nitrogens is 1. The van der Waals surface area contributed by atoms with E-state index in [0.29, 0.717) is 24.4 Å². The third-order valence-electron chi connectivity index (χ3n) is 5.25. The van der Waals surface area contributed by atoms with Gasteiger partial charge < -0.3 is 10.5 Å². The van der Waals surface area contributed by atoms with Crippen molar-refractivity contribution in [3.05, 3.63) is 57.8 Å². The van der Waals surface area contributed by atoms with Crippen LogP contribution in [0.2, 0.25) is 0 Å². The van der Waals surface area contributed by atoms with Gasteiger partial charge in [0.25, 0.3) is 0 Å². The molecule has 0 saturated carbocycles. The van der Waals surface area contributed by atoms with E-state index < -0.39 is 15.9 Å². The molecular formula is C22H22BrF2IN4O. The van der Waals surface area contributed by atoms with Crippen LogP contribution >= 0.6 is 38.5 Å².